The Balaban J connectivity index is 1.73. The molecule has 1 N–H and O–H groups in total. The Kier molecular flexibility index (Phi) is 2.96. The fraction of sp³-hybridized carbons (Fsp3) is 1.00. The molecule has 8 nitrogen and oxygen atoms in total. The minimum atomic E-state index is -5.60. The normalized spacial score (nSPS) is 42.2. The van der Waals surface area contributed by atoms with Gasteiger partial charge in [0.25, 0.3) is 10.1 Å². The van der Waals surface area contributed by atoms with Gasteiger partial charge in [-0.3, -0.25) is 8.74 Å². The monoisotopic (exact) mass is 336 g/mol. The SMILES string of the molecule is O=S1(=O)OC2C(OCC(F)(F)S(=O)(=O)O)C3CC1C2O3. The van der Waals surface area contributed by atoms with Crippen LogP contribution in [-0.4, -0.2) is 62.9 Å². The van der Waals surface area contributed by atoms with E-state index >= 15 is 0 Å². The zero-order chi connectivity index (χ0) is 14.9. The van der Waals surface area contributed by atoms with Gasteiger partial charge >= 0.3 is 15.4 Å². The molecule has 0 aromatic carbocycles. The van der Waals surface area contributed by atoms with Gasteiger partial charge in [-0.25, -0.2) is 0 Å². The van der Waals surface area contributed by atoms with E-state index in [9.17, 15) is 25.6 Å². The fourth-order valence-corrected chi connectivity index (χ4v) is 4.56. The molecule has 3 aliphatic rings. The van der Waals surface area contributed by atoms with Crippen LogP contribution >= 0.6 is 0 Å². The first-order chi connectivity index (χ1) is 9.03. The summed E-state index contributed by atoms with van der Waals surface area (Å²) < 4.78 is 93.2. The van der Waals surface area contributed by atoms with Gasteiger partial charge < -0.3 is 9.47 Å². The van der Waals surface area contributed by atoms with Gasteiger partial charge in [-0.2, -0.15) is 25.6 Å². The Labute approximate surface area is 112 Å². The van der Waals surface area contributed by atoms with Crippen LogP contribution in [0.5, 0.6) is 0 Å². The molecule has 0 radical (unpaired) electrons. The molecule has 0 aromatic rings. The molecule has 3 aliphatic heterocycles. The standard InChI is InChI=1S/C8H10F2O8S2/c9-8(10,20(13,14)15)2-16-5-3-1-4-6(17-3)7(5)18-19(4,11)12/h3-7H,1-2H2,(H,13,14,15). The summed E-state index contributed by atoms with van der Waals surface area (Å²) in [5, 5.41) is -5.31. The topological polar surface area (TPSA) is 116 Å². The molecule has 0 saturated carbocycles. The van der Waals surface area contributed by atoms with Crippen LogP contribution in [0.3, 0.4) is 0 Å². The van der Waals surface area contributed by atoms with Gasteiger partial charge in [-0.05, 0) is 6.42 Å². The molecule has 0 amide bonds. The Morgan fingerprint density at radius 1 is 1.35 bits per heavy atom. The van der Waals surface area contributed by atoms with Crippen LogP contribution in [-0.2, 0) is 33.9 Å². The molecular formula is C8H10F2O8S2. The summed E-state index contributed by atoms with van der Waals surface area (Å²) in [6.45, 7) is -1.60. The number of fused-ring (bicyclic) bond motifs is 1. The van der Waals surface area contributed by atoms with Crippen LogP contribution < -0.4 is 0 Å². The number of rotatable bonds is 4. The van der Waals surface area contributed by atoms with Crippen LogP contribution in [0, 0.1) is 0 Å². The highest BCUT2D eigenvalue weighted by atomic mass is 32.2. The summed E-state index contributed by atoms with van der Waals surface area (Å²) >= 11 is 0. The lowest BCUT2D eigenvalue weighted by Crippen LogP contribution is -2.44. The summed E-state index contributed by atoms with van der Waals surface area (Å²) in [6, 6.07) is 0. The number of hydrogen-bond donors (Lipinski definition) is 1. The third kappa shape index (κ3) is 1.97. The molecule has 0 aliphatic carbocycles. The van der Waals surface area contributed by atoms with E-state index in [1.165, 1.54) is 0 Å². The largest absolute Gasteiger partial charge is 0.392 e. The van der Waals surface area contributed by atoms with Gasteiger partial charge in [0.1, 0.15) is 30.2 Å². The summed E-state index contributed by atoms with van der Waals surface area (Å²) in [5.41, 5.74) is 0. The molecular weight excluding hydrogens is 326 g/mol. The van der Waals surface area contributed by atoms with Gasteiger partial charge in [0.2, 0.25) is 0 Å². The molecule has 116 valence electrons. The second kappa shape index (κ2) is 4.08. The second-order valence-corrected chi connectivity index (χ2v) is 8.19. The minimum absolute atomic E-state index is 0.0472. The zero-order valence-corrected chi connectivity index (χ0v) is 11.3. The first-order valence-corrected chi connectivity index (χ1v) is 8.48. The Morgan fingerprint density at radius 3 is 2.60 bits per heavy atom. The van der Waals surface area contributed by atoms with E-state index in [1.807, 2.05) is 0 Å². The number of alkyl halides is 2. The predicted octanol–water partition coefficient (Wildman–Crippen LogP) is -0.879. The highest BCUT2D eigenvalue weighted by Gasteiger charge is 2.66. The van der Waals surface area contributed by atoms with E-state index in [0.29, 0.717) is 0 Å². The average Bonchev–Trinajstić information content (AvgIpc) is 2.86. The van der Waals surface area contributed by atoms with Crippen molar-refractivity contribution >= 4 is 20.2 Å². The predicted molar refractivity (Wildman–Crippen MR) is 57.1 cm³/mol. The second-order valence-electron chi connectivity index (χ2n) is 4.85. The molecule has 3 heterocycles. The molecule has 3 saturated heterocycles. The van der Waals surface area contributed by atoms with Gasteiger partial charge in [0.05, 0.1) is 6.10 Å². The molecule has 0 aromatic heterocycles. The van der Waals surface area contributed by atoms with Crippen molar-refractivity contribution in [1.29, 1.82) is 0 Å². The highest BCUT2D eigenvalue weighted by molar-refractivity contribution is 7.87. The number of hydrogen-bond acceptors (Lipinski definition) is 7. The molecule has 20 heavy (non-hydrogen) atoms. The van der Waals surface area contributed by atoms with E-state index in [0.717, 1.165) is 0 Å². The summed E-state index contributed by atoms with van der Waals surface area (Å²) in [4.78, 5) is 0. The van der Waals surface area contributed by atoms with Crippen LogP contribution in [0.2, 0.25) is 0 Å². The molecule has 12 heteroatoms. The zero-order valence-electron chi connectivity index (χ0n) is 9.68. The van der Waals surface area contributed by atoms with Crippen LogP contribution in [0.1, 0.15) is 6.42 Å². The van der Waals surface area contributed by atoms with Gasteiger partial charge in [-0.15, -0.1) is 0 Å². The molecule has 3 fully saturated rings. The Hall–Kier alpha value is -0.400. The Bertz CT molecular complexity index is 629. The van der Waals surface area contributed by atoms with E-state index in [2.05, 4.69) is 0 Å². The number of halogens is 2. The molecule has 5 atom stereocenters. The van der Waals surface area contributed by atoms with Crippen molar-refractivity contribution in [3.05, 3.63) is 0 Å². The van der Waals surface area contributed by atoms with Crippen LogP contribution in [0.4, 0.5) is 8.78 Å². The van der Waals surface area contributed by atoms with Crippen molar-refractivity contribution in [2.75, 3.05) is 6.61 Å². The average molecular weight is 336 g/mol. The van der Waals surface area contributed by atoms with Crippen molar-refractivity contribution in [3.63, 3.8) is 0 Å². The molecule has 5 unspecified atom stereocenters. The lowest BCUT2D eigenvalue weighted by molar-refractivity contribution is -0.0871. The van der Waals surface area contributed by atoms with Crippen LogP contribution in [0.25, 0.3) is 0 Å². The molecule has 3 rings (SSSR count). The van der Waals surface area contributed by atoms with Gasteiger partial charge in [0.15, 0.2) is 0 Å². The first kappa shape index (κ1) is 14.5. The van der Waals surface area contributed by atoms with Crippen molar-refractivity contribution < 1.29 is 43.8 Å². The Morgan fingerprint density at radius 2 is 2.00 bits per heavy atom. The smallest absolute Gasteiger partial charge is 0.368 e. The van der Waals surface area contributed by atoms with Crippen LogP contribution in [0.15, 0.2) is 0 Å². The van der Waals surface area contributed by atoms with Gasteiger partial charge in [-0.1, -0.05) is 0 Å². The first-order valence-electron chi connectivity index (χ1n) is 5.57. The maximum Gasteiger partial charge on any atom is 0.392 e. The van der Waals surface area contributed by atoms with Crippen molar-refractivity contribution in [3.8, 4) is 0 Å². The maximum atomic E-state index is 13.1. The van der Waals surface area contributed by atoms with E-state index in [-0.39, 0.29) is 6.42 Å². The van der Waals surface area contributed by atoms with Crippen molar-refractivity contribution in [1.82, 2.24) is 0 Å². The molecule has 0 spiro atoms. The fourth-order valence-electron chi connectivity index (χ4n) is 2.69. The third-order valence-corrected chi connectivity index (χ3v) is 6.18. The highest BCUT2D eigenvalue weighted by Crippen LogP contribution is 2.48. The van der Waals surface area contributed by atoms with Crippen molar-refractivity contribution in [2.24, 2.45) is 0 Å². The third-order valence-electron chi connectivity index (χ3n) is 3.61. The van der Waals surface area contributed by atoms with E-state index in [1.54, 1.807) is 0 Å². The minimum Gasteiger partial charge on any atom is -0.368 e. The molecule has 2 bridgehead atoms. The van der Waals surface area contributed by atoms with E-state index < -0.39 is 61.8 Å². The maximum absolute atomic E-state index is 13.1. The lowest BCUT2D eigenvalue weighted by Gasteiger charge is -2.23. The number of ether oxygens (including phenoxy) is 2. The summed E-state index contributed by atoms with van der Waals surface area (Å²) in [5.74, 6) is 0. The summed E-state index contributed by atoms with van der Waals surface area (Å²) in [6.07, 6.45) is -3.65. The summed E-state index contributed by atoms with van der Waals surface area (Å²) in [7, 11) is -9.41. The quantitative estimate of drug-likeness (QED) is 0.520. The lowest BCUT2D eigenvalue weighted by atomic mass is 9.94. The van der Waals surface area contributed by atoms with Crippen molar-refractivity contribution in [2.45, 2.75) is 41.3 Å². The van der Waals surface area contributed by atoms with Gasteiger partial charge in [0, 0.05) is 0 Å². The van der Waals surface area contributed by atoms with E-state index in [4.69, 9.17) is 18.2 Å².